The van der Waals surface area contributed by atoms with E-state index in [0.29, 0.717) is 13.0 Å². The van der Waals surface area contributed by atoms with Gasteiger partial charge in [0.25, 0.3) is 0 Å². The van der Waals surface area contributed by atoms with E-state index in [1.807, 2.05) is 18.2 Å². The van der Waals surface area contributed by atoms with Crippen LogP contribution in [0, 0.1) is 5.92 Å². The minimum atomic E-state index is -1.09. The van der Waals surface area contributed by atoms with Crippen molar-refractivity contribution in [1.82, 2.24) is 29.8 Å². The summed E-state index contributed by atoms with van der Waals surface area (Å²) >= 11 is 2.96. The first-order valence-electron chi connectivity index (χ1n) is 10.5. The predicted octanol–water partition coefficient (Wildman–Crippen LogP) is 3.27. The maximum Gasteiger partial charge on any atom is 0.404 e. The van der Waals surface area contributed by atoms with Crippen LogP contribution in [0.3, 0.4) is 0 Å². The number of likely N-dealkylation sites (N-methyl/N-ethyl adjacent to an activating group) is 1. The zero-order valence-electron chi connectivity index (χ0n) is 17.7. The number of rotatable bonds is 6. The van der Waals surface area contributed by atoms with Crippen LogP contribution in [0.5, 0.6) is 0 Å². The molecule has 0 fully saturated rings. The Labute approximate surface area is 196 Å². The van der Waals surface area contributed by atoms with Gasteiger partial charge in [-0.3, -0.25) is 4.79 Å². The summed E-state index contributed by atoms with van der Waals surface area (Å²) in [7, 11) is 1.72. The molecule has 3 heterocycles. The third kappa shape index (κ3) is 4.31. The lowest BCUT2D eigenvalue weighted by atomic mass is 9.87. The van der Waals surface area contributed by atoms with Crippen molar-refractivity contribution in [3.63, 3.8) is 0 Å². The minimum absolute atomic E-state index is 0.0428. The third-order valence-corrected chi connectivity index (χ3v) is 7.65. The van der Waals surface area contributed by atoms with Crippen LogP contribution in [0.4, 0.5) is 16.3 Å². The number of nitrogens with zero attached hydrogens (tertiary/aromatic N) is 5. The van der Waals surface area contributed by atoms with Crippen LogP contribution >= 0.6 is 22.9 Å². The molecule has 1 aromatic carbocycles. The highest BCUT2D eigenvalue weighted by molar-refractivity contribution is 7.19. The highest BCUT2D eigenvalue weighted by Crippen LogP contribution is 2.40. The molecule has 0 saturated heterocycles. The molecule has 0 spiro atoms. The maximum absolute atomic E-state index is 12.9. The van der Waals surface area contributed by atoms with Gasteiger partial charge in [-0.2, -0.15) is 0 Å². The van der Waals surface area contributed by atoms with Gasteiger partial charge in [0.15, 0.2) is 0 Å². The number of amides is 2. The second-order valence-corrected chi connectivity index (χ2v) is 9.79. The number of hydrogen-bond donors (Lipinski definition) is 3. The molecule has 12 heteroatoms. The summed E-state index contributed by atoms with van der Waals surface area (Å²) in [6.07, 6.45) is 2.64. The molecule has 3 aromatic heterocycles. The van der Waals surface area contributed by atoms with Gasteiger partial charge in [0.1, 0.15) is 22.5 Å². The Kier molecular flexibility index (Phi) is 5.77. The zero-order valence-corrected chi connectivity index (χ0v) is 19.4. The number of aromatic nitrogens is 4. The average Bonchev–Trinajstić information content (AvgIpc) is 3.42. The quantitative estimate of drug-likeness (QED) is 0.381. The van der Waals surface area contributed by atoms with Gasteiger partial charge in [-0.25, -0.2) is 14.8 Å². The molecule has 0 unspecified atom stereocenters. The van der Waals surface area contributed by atoms with E-state index in [4.69, 9.17) is 5.11 Å². The number of nitrogens with one attached hydrogen (secondary N) is 2. The molecule has 1 aliphatic carbocycles. The maximum atomic E-state index is 12.9. The molecule has 0 radical (unpaired) electrons. The second-order valence-electron chi connectivity index (χ2n) is 7.92. The van der Waals surface area contributed by atoms with Crippen LogP contribution < -0.4 is 10.6 Å². The Morgan fingerprint density at radius 2 is 2.18 bits per heavy atom. The summed E-state index contributed by atoms with van der Waals surface area (Å²) < 4.78 is 4.99. The van der Waals surface area contributed by atoms with Crippen molar-refractivity contribution in [3.05, 3.63) is 35.0 Å². The number of anilines is 2. The molecule has 0 aliphatic heterocycles. The molecule has 1 aliphatic rings. The smallest absolute Gasteiger partial charge is 0.404 e. The van der Waals surface area contributed by atoms with E-state index in [1.54, 1.807) is 29.6 Å². The number of carbonyl (C=O) groups is 2. The van der Waals surface area contributed by atoms with Gasteiger partial charge in [0.05, 0.1) is 10.1 Å². The fourth-order valence-electron chi connectivity index (χ4n) is 4.16. The summed E-state index contributed by atoms with van der Waals surface area (Å²) in [6.45, 7) is 0.562. The molecule has 10 nitrogen and oxygen atoms in total. The van der Waals surface area contributed by atoms with Crippen molar-refractivity contribution >= 4 is 66.8 Å². The lowest BCUT2D eigenvalue weighted by Crippen LogP contribution is -2.40. The van der Waals surface area contributed by atoms with Crippen molar-refractivity contribution in [3.8, 4) is 0 Å². The normalized spacial score (nSPS) is 15.4. The highest BCUT2D eigenvalue weighted by Gasteiger charge is 2.30. The minimum Gasteiger partial charge on any atom is -0.465 e. The predicted molar refractivity (Wildman–Crippen MR) is 127 cm³/mol. The van der Waals surface area contributed by atoms with Crippen LogP contribution in [0.25, 0.3) is 20.4 Å². The summed E-state index contributed by atoms with van der Waals surface area (Å²) in [5.74, 6) is 0.683. The van der Waals surface area contributed by atoms with Crippen molar-refractivity contribution in [2.45, 2.75) is 19.3 Å². The van der Waals surface area contributed by atoms with E-state index in [1.165, 1.54) is 17.1 Å². The lowest BCUT2D eigenvalue weighted by Gasteiger charge is -2.26. The highest BCUT2D eigenvalue weighted by atomic mass is 32.1. The Balaban J connectivity index is 1.36. The molecular weight excluding hydrogens is 462 g/mol. The van der Waals surface area contributed by atoms with E-state index < -0.39 is 6.09 Å². The number of thiophene rings is 1. The summed E-state index contributed by atoms with van der Waals surface area (Å²) in [4.78, 5) is 36.2. The molecule has 5 rings (SSSR count). The third-order valence-electron chi connectivity index (χ3n) is 5.80. The van der Waals surface area contributed by atoms with Gasteiger partial charge in [-0.15, -0.1) is 16.4 Å². The Morgan fingerprint density at radius 1 is 1.30 bits per heavy atom. The fraction of sp³-hybridized carbons (Fsp3) is 0.333. The van der Waals surface area contributed by atoms with E-state index in [2.05, 4.69) is 30.2 Å². The van der Waals surface area contributed by atoms with Gasteiger partial charge in [0.2, 0.25) is 5.91 Å². The molecule has 2 amide bonds. The SMILES string of the molecule is CN(CCNC(=O)O)C(=O)[C@H]1CCc2c(sc3ncnc(Nc4ccc5nnsc5c4)c23)C1. The van der Waals surface area contributed by atoms with Crippen LogP contribution in [0.15, 0.2) is 24.5 Å². The molecule has 0 bridgehead atoms. The molecular formula is C21H21N7O3S2. The summed E-state index contributed by atoms with van der Waals surface area (Å²) in [5, 5.41) is 19.5. The van der Waals surface area contributed by atoms with Gasteiger partial charge in [-0.05, 0) is 54.6 Å². The lowest BCUT2D eigenvalue weighted by molar-refractivity contribution is -0.134. The summed E-state index contributed by atoms with van der Waals surface area (Å²) in [5.41, 5.74) is 2.98. The van der Waals surface area contributed by atoms with Crippen molar-refractivity contribution in [2.24, 2.45) is 5.92 Å². The molecule has 4 aromatic rings. The average molecular weight is 484 g/mol. The standard InChI is InChI=1S/C21H21N7O3S2/c1-28(7-6-22-21(30)31)20(29)11-2-4-13-15(8-11)32-19-17(13)18(23-10-24-19)25-12-3-5-14-16(9-12)33-27-26-14/h3,5,9-11,22H,2,4,6-8H2,1H3,(H,30,31)(H,23,24,25)/t11-/m0/s1. The van der Waals surface area contributed by atoms with Crippen LogP contribution in [0.2, 0.25) is 0 Å². The van der Waals surface area contributed by atoms with Crippen LogP contribution in [-0.4, -0.2) is 61.7 Å². The largest absolute Gasteiger partial charge is 0.465 e. The first-order valence-corrected chi connectivity index (χ1v) is 12.0. The van der Waals surface area contributed by atoms with Gasteiger partial charge in [-0.1, -0.05) is 4.49 Å². The van der Waals surface area contributed by atoms with E-state index >= 15 is 0 Å². The Morgan fingerprint density at radius 3 is 3.03 bits per heavy atom. The number of carboxylic acid groups (broad SMARTS) is 1. The molecule has 0 saturated carbocycles. The van der Waals surface area contributed by atoms with Crippen molar-refractivity contribution in [1.29, 1.82) is 0 Å². The van der Waals surface area contributed by atoms with Gasteiger partial charge >= 0.3 is 6.09 Å². The number of fused-ring (bicyclic) bond motifs is 4. The number of hydrogen-bond acceptors (Lipinski definition) is 9. The number of carbonyl (C=O) groups excluding carboxylic acids is 1. The monoisotopic (exact) mass is 483 g/mol. The van der Waals surface area contributed by atoms with Gasteiger partial charge in [0, 0.05) is 36.6 Å². The second kappa shape index (κ2) is 8.87. The molecule has 33 heavy (non-hydrogen) atoms. The number of aryl methyl sites for hydroxylation is 1. The van der Waals surface area contributed by atoms with Crippen LogP contribution in [-0.2, 0) is 17.6 Å². The Hall–Kier alpha value is -3.38. The first-order chi connectivity index (χ1) is 16.0. The topological polar surface area (TPSA) is 133 Å². The van der Waals surface area contributed by atoms with Crippen molar-refractivity contribution < 1.29 is 14.7 Å². The first kappa shape index (κ1) is 21.5. The number of benzene rings is 1. The molecule has 170 valence electrons. The van der Waals surface area contributed by atoms with E-state index in [0.717, 1.165) is 49.7 Å². The fourth-order valence-corrected chi connectivity index (χ4v) is 6.03. The van der Waals surface area contributed by atoms with Gasteiger partial charge < -0.3 is 20.6 Å². The zero-order chi connectivity index (χ0) is 22.9. The molecule has 3 N–H and O–H groups in total. The van der Waals surface area contributed by atoms with E-state index in [9.17, 15) is 9.59 Å². The summed E-state index contributed by atoms with van der Waals surface area (Å²) in [6, 6.07) is 5.90. The molecule has 1 atom stereocenters. The van der Waals surface area contributed by atoms with Crippen molar-refractivity contribution in [2.75, 3.05) is 25.5 Å². The Bertz CT molecular complexity index is 1350. The van der Waals surface area contributed by atoms with Crippen LogP contribution in [0.1, 0.15) is 16.9 Å². The van der Waals surface area contributed by atoms with E-state index in [-0.39, 0.29) is 18.4 Å².